The molecule has 1 aromatic carbocycles. The fourth-order valence-electron chi connectivity index (χ4n) is 3.99. The van der Waals surface area contributed by atoms with Crippen LogP contribution in [0.3, 0.4) is 0 Å². The van der Waals surface area contributed by atoms with Crippen molar-refractivity contribution in [3.63, 3.8) is 0 Å². The first kappa shape index (κ1) is 17.3. The van der Waals surface area contributed by atoms with Crippen LogP contribution in [0.5, 0.6) is 0 Å². The molecule has 1 heterocycles. The van der Waals surface area contributed by atoms with Crippen LogP contribution in [0.2, 0.25) is 0 Å². The molecular formula is C20H30N2O2. The molecule has 2 fully saturated rings. The number of nitrogens with one attached hydrogen (secondary N) is 2. The average molecular weight is 330 g/mol. The van der Waals surface area contributed by atoms with Gasteiger partial charge in [0.15, 0.2) is 0 Å². The van der Waals surface area contributed by atoms with Gasteiger partial charge in [-0.25, -0.2) is 4.79 Å². The maximum atomic E-state index is 12.2. The summed E-state index contributed by atoms with van der Waals surface area (Å²) in [5.74, 6) is 0.493. The Labute approximate surface area is 145 Å². The van der Waals surface area contributed by atoms with Crippen molar-refractivity contribution in [3.8, 4) is 0 Å². The van der Waals surface area contributed by atoms with Crippen LogP contribution in [0, 0.1) is 5.92 Å². The van der Waals surface area contributed by atoms with Crippen LogP contribution in [0.15, 0.2) is 30.3 Å². The van der Waals surface area contributed by atoms with Crippen molar-refractivity contribution in [2.45, 2.75) is 70.1 Å². The predicted molar refractivity (Wildman–Crippen MR) is 96.0 cm³/mol. The number of rotatable bonds is 4. The second kappa shape index (κ2) is 6.75. The summed E-state index contributed by atoms with van der Waals surface area (Å²) in [7, 11) is 0. The third-order valence-electron chi connectivity index (χ3n) is 5.32. The smallest absolute Gasteiger partial charge is 0.408 e. The van der Waals surface area contributed by atoms with Crippen LogP contribution in [0.25, 0.3) is 0 Å². The van der Waals surface area contributed by atoms with Crippen LogP contribution in [0.4, 0.5) is 4.79 Å². The highest BCUT2D eigenvalue weighted by Crippen LogP contribution is 2.42. The normalized spacial score (nSPS) is 25.8. The SMILES string of the molecule is CC(C)(C)OC(=O)NC1(C2CNC(Cc3ccccc3)C2)CCC1. The summed E-state index contributed by atoms with van der Waals surface area (Å²) in [5, 5.41) is 6.87. The lowest BCUT2D eigenvalue weighted by Crippen LogP contribution is -2.59. The van der Waals surface area contributed by atoms with E-state index in [4.69, 9.17) is 4.74 Å². The summed E-state index contributed by atoms with van der Waals surface area (Å²) < 4.78 is 5.48. The van der Waals surface area contributed by atoms with Crippen molar-refractivity contribution in [3.05, 3.63) is 35.9 Å². The van der Waals surface area contributed by atoms with Gasteiger partial charge in [0, 0.05) is 18.1 Å². The van der Waals surface area contributed by atoms with Crippen LogP contribution < -0.4 is 10.6 Å². The number of alkyl carbamates (subject to hydrolysis) is 1. The standard InChI is InChI=1S/C20H30N2O2/c1-19(2,3)24-18(23)22-20(10-7-11-20)16-13-17(21-14-16)12-15-8-5-4-6-9-15/h4-6,8-9,16-17,21H,7,10-14H2,1-3H3,(H,22,23). The van der Waals surface area contributed by atoms with Gasteiger partial charge in [-0.2, -0.15) is 0 Å². The van der Waals surface area contributed by atoms with E-state index in [0.717, 1.165) is 32.2 Å². The number of carbonyl (C=O) groups excluding carboxylic acids is 1. The van der Waals surface area contributed by atoms with E-state index in [9.17, 15) is 4.79 Å². The Balaban J connectivity index is 1.57. The number of carbonyl (C=O) groups is 1. The fraction of sp³-hybridized carbons (Fsp3) is 0.650. The summed E-state index contributed by atoms with van der Waals surface area (Å²) >= 11 is 0. The van der Waals surface area contributed by atoms with Crippen molar-refractivity contribution in [2.24, 2.45) is 5.92 Å². The topological polar surface area (TPSA) is 50.4 Å². The average Bonchev–Trinajstić information content (AvgIpc) is 2.91. The third kappa shape index (κ3) is 4.10. The van der Waals surface area contributed by atoms with Crippen molar-refractivity contribution < 1.29 is 9.53 Å². The van der Waals surface area contributed by atoms with Gasteiger partial charge in [0.2, 0.25) is 0 Å². The lowest BCUT2D eigenvalue weighted by Gasteiger charge is -2.47. The van der Waals surface area contributed by atoms with E-state index in [-0.39, 0.29) is 11.6 Å². The molecule has 1 saturated carbocycles. The summed E-state index contributed by atoms with van der Waals surface area (Å²) in [6.07, 6.45) is 5.22. The molecule has 2 atom stereocenters. The van der Waals surface area contributed by atoms with Crippen molar-refractivity contribution in [2.75, 3.05) is 6.54 Å². The Hall–Kier alpha value is -1.55. The van der Waals surface area contributed by atoms with Gasteiger partial charge < -0.3 is 15.4 Å². The Morgan fingerprint density at radius 2 is 2.00 bits per heavy atom. The van der Waals surface area contributed by atoms with E-state index in [1.165, 1.54) is 12.0 Å². The quantitative estimate of drug-likeness (QED) is 0.886. The molecule has 2 aliphatic rings. The minimum absolute atomic E-state index is 0.0687. The van der Waals surface area contributed by atoms with Crippen LogP contribution in [-0.4, -0.2) is 29.8 Å². The zero-order chi connectivity index (χ0) is 17.2. The molecule has 0 bridgehead atoms. The van der Waals surface area contributed by atoms with Crippen molar-refractivity contribution in [1.82, 2.24) is 10.6 Å². The van der Waals surface area contributed by atoms with Gasteiger partial charge >= 0.3 is 6.09 Å². The van der Waals surface area contributed by atoms with Gasteiger partial charge in [-0.15, -0.1) is 0 Å². The maximum absolute atomic E-state index is 12.2. The first-order chi connectivity index (χ1) is 11.4. The molecule has 1 aliphatic carbocycles. The van der Waals surface area contributed by atoms with Gasteiger partial charge in [0.1, 0.15) is 5.60 Å². The zero-order valence-electron chi connectivity index (χ0n) is 15.1. The summed E-state index contributed by atoms with van der Waals surface area (Å²) in [6.45, 7) is 6.71. The number of ether oxygens (including phenoxy) is 1. The molecule has 0 aromatic heterocycles. The largest absolute Gasteiger partial charge is 0.444 e. The Morgan fingerprint density at radius 3 is 2.58 bits per heavy atom. The number of amides is 1. The Kier molecular flexibility index (Phi) is 4.86. The van der Waals surface area contributed by atoms with Gasteiger partial charge in [0.05, 0.1) is 0 Å². The van der Waals surface area contributed by atoms with E-state index < -0.39 is 5.60 Å². The van der Waals surface area contributed by atoms with Crippen LogP contribution in [-0.2, 0) is 11.2 Å². The number of hydrogen-bond donors (Lipinski definition) is 2. The first-order valence-electron chi connectivity index (χ1n) is 9.15. The minimum Gasteiger partial charge on any atom is -0.444 e. The molecule has 2 unspecified atom stereocenters. The van der Waals surface area contributed by atoms with E-state index in [0.29, 0.717) is 12.0 Å². The van der Waals surface area contributed by atoms with Crippen LogP contribution >= 0.6 is 0 Å². The minimum atomic E-state index is -0.446. The predicted octanol–water partition coefficient (Wildman–Crippen LogP) is 3.65. The molecule has 1 aromatic rings. The fourth-order valence-corrected chi connectivity index (χ4v) is 3.99. The summed E-state index contributed by atoms with van der Waals surface area (Å²) in [5.41, 5.74) is 0.859. The highest BCUT2D eigenvalue weighted by Gasteiger charge is 2.48. The molecule has 1 amide bonds. The molecule has 4 nitrogen and oxygen atoms in total. The Bertz CT molecular complexity index is 561. The molecule has 0 spiro atoms. The second-order valence-electron chi connectivity index (χ2n) is 8.36. The zero-order valence-corrected chi connectivity index (χ0v) is 15.1. The van der Waals surface area contributed by atoms with Gasteiger partial charge in [0.25, 0.3) is 0 Å². The third-order valence-corrected chi connectivity index (χ3v) is 5.32. The van der Waals surface area contributed by atoms with E-state index in [1.54, 1.807) is 0 Å². The van der Waals surface area contributed by atoms with Crippen LogP contribution in [0.1, 0.15) is 52.0 Å². The molecule has 2 N–H and O–H groups in total. The first-order valence-corrected chi connectivity index (χ1v) is 9.15. The second-order valence-corrected chi connectivity index (χ2v) is 8.36. The van der Waals surface area contributed by atoms with Gasteiger partial charge in [-0.05, 0) is 64.4 Å². The molecule has 0 radical (unpaired) electrons. The number of hydrogen-bond acceptors (Lipinski definition) is 3. The van der Waals surface area contributed by atoms with E-state index in [2.05, 4.69) is 41.0 Å². The molecule has 3 rings (SSSR count). The van der Waals surface area contributed by atoms with Crippen molar-refractivity contribution in [1.29, 1.82) is 0 Å². The lowest BCUT2D eigenvalue weighted by atomic mass is 9.67. The summed E-state index contributed by atoms with van der Waals surface area (Å²) in [4.78, 5) is 12.2. The molecule has 4 heteroatoms. The van der Waals surface area contributed by atoms with Crippen molar-refractivity contribution >= 4 is 6.09 Å². The summed E-state index contributed by atoms with van der Waals surface area (Å²) in [6, 6.07) is 11.1. The number of benzene rings is 1. The van der Waals surface area contributed by atoms with Gasteiger partial charge in [-0.3, -0.25) is 0 Å². The highest BCUT2D eigenvalue weighted by molar-refractivity contribution is 5.69. The molecular weight excluding hydrogens is 300 g/mol. The lowest BCUT2D eigenvalue weighted by molar-refractivity contribution is 0.0285. The monoisotopic (exact) mass is 330 g/mol. The van der Waals surface area contributed by atoms with E-state index in [1.807, 2.05) is 20.8 Å². The maximum Gasteiger partial charge on any atom is 0.408 e. The molecule has 1 saturated heterocycles. The van der Waals surface area contributed by atoms with Gasteiger partial charge in [-0.1, -0.05) is 30.3 Å². The molecule has 132 valence electrons. The van der Waals surface area contributed by atoms with E-state index >= 15 is 0 Å². The highest BCUT2D eigenvalue weighted by atomic mass is 16.6. The molecule has 1 aliphatic heterocycles. The molecule has 24 heavy (non-hydrogen) atoms. The Morgan fingerprint density at radius 1 is 1.29 bits per heavy atom.